The van der Waals surface area contributed by atoms with Crippen molar-refractivity contribution in [2.24, 2.45) is 5.92 Å². The summed E-state index contributed by atoms with van der Waals surface area (Å²) in [4.78, 5) is 2.24. The topological polar surface area (TPSA) is 15.3 Å². The van der Waals surface area contributed by atoms with E-state index in [4.69, 9.17) is 0 Å². The van der Waals surface area contributed by atoms with Crippen molar-refractivity contribution in [1.29, 1.82) is 0 Å². The zero-order valence-corrected chi connectivity index (χ0v) is 12.9. The third-order valence-corrected chi connectivity index (χ3v) is 3.59. The molecule has 114 valence electrons. The van der Waals surface area contributed by atoms with E-state index in [9.17, 15) is 8.78 Å². The molecule has 0 spiro atoms. The highest BCUT2D eigenvalue weighted by molar-refractivity contribution is 5.22. The SMILES string of the molecule is CNC(CCN(C)CCC(C)C)c1cccc(F)c1F. The van der Waals surface area contributed by atoms with Crippen molar-refractivity contribution in [1.82, 2.24) is 10.2 Å². The van der Waals surface area contributed by atoms with Gasteiger partial charge in [-0.3, -0.25) is 0 Å². The molecule has 1 aromatic rings. The van der Waals surface area contributed by atoms with Crippen LogP contribution in [0.1, 0.15) is 38.3 Å². The molecule has 0 radical (unpaired) electrons. The summed E-state index contributed by atoms with van der Waals surface area (Å²) in [5.41, 5.74) is 0.407. The maximum absolute atomic E-state index is 13.8. The van der Waals surface area contributed by atoms with E-state index in [1.165, 1.54) is 0 Å². The Balaban J connectivity index is 2.57. The monoisotopic (exact) mass is 284 g/mol. The van der Waals surface area contributed by atoms with E-state index >= 15 is 0 Å². The second-order valence-electron chi connectivity index (χ2n) is 5.76. The minimum atomic E-state index is -0.782. The van der Waals surface area contributed by atoms with Gasteiger partial charge in [0.1, 0.15) is 0 Å². The Hall–Kier alpha value is -1.00. The van der Waals surface area contributed by atoms with Gasteiger partial charge in [-0.25, -0.2) is 8.78 Å². The van der Waals surface area contributed by atoms with Gasteiger partial charge in [-0.2, -0.15) is 0 Å². The van der Waals surface area contributed by atoms with Crippen molar-refractivity contribution in [2.45, 2.75) is 32.7 Å². The lowest BCUT2D eigenvalue weighted by Crippen LogP contribution is -2.27. The van der Waals surface area contributed by atoms with E-state index in [0.29, 0.717) is 11.5 Å². The van der Waals surface area contributed by atoms with Gasteiger partial charge in [-0.15, -0.1) is 0 Å². The predicted octanol–water partition coefficient (Wildman–Crippen LogP) is 3.59. The Morgan fingerprint density at radius 2 is 1.80 bits per heavy atom. The number of hydrogen-bond acceptors (Lipinski definition) is 2. The number of rotatable bonds is 8. The summed E-state index contributed by atoms with van der Waals surface area (Å²) in [7, 11) is 3.85. The second-order valence-corrected chi connectivity index (χ2v) is 5.76. The first-order valence-electron chi connectivity index (χ1n) is 7.25. The van der Waals surface area contributed by atoms with Crippen molar-refractivity contribution in [3.63, 3.8) is 0 Å². The molecule has 1 unspecified atom stereocenters. The Labute approximate surface area is 121 Å². The van der Waals surface area contributed by atoms with E-state index in [2.05, 4.69) is 31.1 Å². The Kier molecular flexibility index (Phi) is 7.10. The molecule has 0 fully saturated rings. The molecule has 1 atom stereocenters. The lowest BCUT2D eigenvalue weighted by molar-refractivity contribution is 0.290. The van der Waals surface area contributed by atoms with E-state index in [1.807, 2.05) is 0 Å². The third-order valence-electron chi connectivity index (χ3n) is 3.59. The Morgan fingerprint density at radius 1 is 1.15 bits per heavy atom. The van der Waals surface area contributed by atoms with Gasteiger partial charge in [-0.05, 0) is 52.0 Å². The molecule has 0 saturated carbocycles. The van der Waals surface area contributed by atoms with Gasteiger partial charge in [-0.1, -0.05) is 26.0 Å². The van der Waals surface area contributed by atoms with Gasteiger partial charge in [0, 0.05) is 11.6 Å². The van der Waals surface area contributed by atoms with Crippen molar-refractivity contribution >= 4 is 0 Å². The van der Waals surface area contributed by atoms with Gasteiger partial charge in [0.25, 0.3) is 0 Å². The highest BCUT2D eigenvalue weighted by Gasteiger charge is 2.17. The average Bonchev–Trinajstić information content (AvgIpc) is 2.41. The molecule has 0 amide bonds. The van der Waals surface area contributed by atoms with Crippen molar-refractivity contribution < 1.29 is 8.78 Å². The quantitative estimate of drug-likeness (QED) is 0.785. The average molecular weight is 284 g/mol. The van der Waals surface area contributed by atoms with Gasteiger partial charge in [0.15, 0.2) is 11.6 Å². The van der Waals surface area contributed by atoms with Crippen LogP contribution in [0.15, 0.2) is 18.2 Å². The molecule has 1 aromatic carbocycles. The summed E-state index contributed by atoms with van der Waals surface area (Å²) >= 11 is 0. The van der Waals surface area contributed by atoms with Gasteiger partial charge < -0.3 is 10.2 Å². The number of nitrogens with zero attached hydrogens (tertiary/aromatic N) is 1. The largest absolute Gasteiger partial charge is 0.313 e. The first-order chi connectivity index (χ1) is 9.45. The molecule has 0 aliphatic rings. The number of halogens is 2. The van der Waals surface area contributed by atoms with Crippen LogP contribution < -0.4 is 5.32 Å². The Bertz CT molecular complexity index is 407. The summed E-state index contributed by atoms with van der Waals surface area (Å²) in [5.74, 6) is -0.842. The summed E-state index contributed by atoms with van der Waals surface area (Å²) in [6.07, 6.45) is 1.90. The lowest BCUT2D eigenvalue weighted by Gasteiger charge is -2.22. The summed E-state index contributed by atoms with van der Waals surface area (Å²) in [6, 6.07) is 4.20. The Morgan fingerprint density at radius 3 is 2.40 bits per heavy atom. The van der Waals surface area contributed by atoms with Crippen molar-refractivity contribution in [3.8, 4) is 0 Å². The van der Waals surface area contributed by atoms with Gasteiger partial charge in [0.2, 0.25) is 0 Å². The molecule has 0 aromatic heterocycles. The van der Waals surface area contributed by atoms with Crippen LogP contribution in [-0.4, -0.2) is 32.1 Å². The van der Waals surface area contributed by atoms with E-state index in [0.717, 1.165) is 32.0 Å². The fourth-order valence-electron chi connectivity index (χ4n) is 2.18. The number of nitrogens with one attached hydrogen (secondary N) is 1. The van der Waals surface area contributed by atoms with Crippen LogP contribution in [0, 0.1) is 17.6 Å². The molecule has 0 heterocycles. The van der Waals surface area contributed by atoms with Crippen LogP contribution in [0.25, 0.3) is 0 Å². The maximum Gasteiger partial charge on any atom is 0.163 e. The van der Waals surface area contributed by atoms with E-state index in [-0.39, 0.29) is 6.04 Å². The number of hydrogen-bond donors (Lipinski definition) is 1. The minimum Gasteiger partial charge on any atom is -0.313 e. The molecular formula is C16H26F2N2. The van der Waals surface area contributed by atoms with Crippen molar-refractivity contribution in [3.05, 3.63) is 35.4 Å². The molecular weight excluding hydrogens is 258 g/mol. The molecule has 0 aliphatic carbocycles. The molecule has 4 heteroatoms. The predicted molar refractivity (Wildman–Crippen MR) is 79.7 cm³/mol. The molecule has 0 aliphatic heterocycles. The summed E-state index contributed by atoms with van der Waals surface area (Å²) in [6.45, 7) is 6.28. The zero-order chi connectivity index (χ0) is 15.1. The van der Waals surface area contributed by atoms with Crippen molar-refractivity contribution in [2.75, 3.05) is 27.2 Å². The molecule has 0 bridgehead atoms. The molecule has 1 N–H and O–H groups in total. The first kappa shape index (κ1) is 17.1. The zero-order valence-electron chi connectivity index (χ0n) is 12.9. The van der Waals surface area contributed by atoms with Gasteiger partial charge >= 0.3 is 0 Å². The van der Waals surface area contributed by atoms with E-state index < -0.39 is 11.6 Å². The van der Waals surface area contributed by atoms with Crippen LogP contribution in [-0.2, 0) is 0 Å². The highest BCUT2D eigenvalue weighted by atomic mass is 19.2. The third kappa shape index (κ3) is 5.17. The van der Waals surface area contributed by atoms with Gasteiger partial charge in [0.05, 0.1) is 0 Å². The van der Waals surface area contributed by atoms with E-state index in [1.54, 1.807) is 19.2 Å². The second kappa shape index (κ2) is 8.32. The fraction of sp³-hybridized carbons (Fsp3) is 0.625. The number of benzene rings is 1. The standard InChI is InChI=1S/C16H26F2N2/c1-12(2)8-10-20(4)11-9-15(19-3)13-6-5-7-14(17)16(13)18/h5-7,12,15,19H,8-11H2,1-4H3. The molecule has 2 nitrogen and oxygen atoms in total. The van der Waals surface area contributed by atoms with Crippen LogP contribution in [0.4, 0.5) is 8.78 Å². The van der Waals surface area contributed by atoms with Crippen LogP contribution in [0.3, 0.4) is 0 Å². The molecule has 20 heavy (non-hydrogen) atoms. The normalized spacial score (nSPS) is 13.2. The lowest BCUT2D eigenvalue weighted by atomic mass is 10.0. The molecule has 0 saturated heterocycles. The smallest absolute Gasteiger partial charge is 0.163 e. The van der Waals surface area contributed by atoms with Crippen LogP contribution >= 0.6 is 0 Å². The minimum absolute atomic E-state index is 0.160. The summed E-state index contributed by atoms with van der Waals surface area (Å²) in [5, 5.41) is 3.07. The first-order valence-corrected chi connectivity index (χ1v) is 7.25. The summed E-state index contributed by atoms with van der Waals surface area (Å²) < 4.78 is 27.1. The molecule has 1 rings (SSSR count). The van der Waals surface area contributed by atoms with Crippen LogP contribution in [0.2, 0.25) is 0 Å². The fourth-order valence-corrected chi connectivity index (χ4v) is 2.18. The van der Waals surface area contributed by atoms with Crippen LogP contribution in [0.5, 0.6) is 0 Å². The maximum atomic E-state index is 13.8. The highest BCUT2D eigenvalue weighted by Crippen LogP contribution is 2.22.